The molecule has 0 amide bonds. The van der Waals surface area contributed by atoms with Crippen LogP contribution in [-0.2, 0) is 4.74 Å². The number of nitrogen functional groups attached to an aromatic ring is 1. The number of nitrogens with two attached hydrogens (primary N) is 1. The third kappa shape index (κ3) is 2.72. The van der Waals surface area contributed by atoms with Gasteiger partial charge in [0.15, 0.2) is 5.69 Å². The lowest BCUT2D eigenvalue weighted by molar-refractivity contribution is 0.0594. The highest BCUT2D eigenvalue weighted by Crippen LogP contribution is 2.28. The second kappa shape index (κ2) is 5.25. The van der Waals surface area contributed by atoms with Crippen LogP contribution in [0.4, 0.5) is 11.5 Å². The Kier molecular flexibility index (Phi) is 3.69. The van der Waals surface area contributed by atoms with E-state index in [0.717, 1.165) is 18.8 Å². The first-order valence-electron chi connectivity index (χ1n) is 6.21. The highest BCUT2D eigenvalue weighted by Gasteiger charge is 2.22. The van der Waals surface area contributed by atoms with Gasteiger partial charge in [-0.15, -0.1) is 0 Å². The van der Waals surface area contributed by atoms with E-state index in [-0.39, 0.29) is 5.69 Å². The normalized spacial score (nSPS) is 22.8. The maximum absolute atomic E-state index is 11.4. The third-order valence-electron chi connectivity index (χ3n) is 3.36. The van der Waals surface area contributed by atoms with E-state index in [4.69, 9.17) is 5.73 Å². The minimum absolute atomic E-state index is 0.278. The molecule has 3 N–H and O–H groups in total. The number of anilines is 2. The zero-order chi connectivity index (χ0) is 13.1. The summed E-state index contributed by atoms with van der Waals surface area (Å²) in [6.07, 6.45) is 3.45. The van der Waals surface area contributed by atoms with Crippen LogP contribution in [-0.4, -0.2) is 24.1 Å². The molecule has 1 aromatic heterocycles. The van der Waals surface area contributed by atoms with Gasteiger partial charge in [0.05, 0.1) is 12.8 Å². The Morgan fingerprint density at radius 2 is 2.28 bits per heavy atom. The van der Waals surface area contributed by atoms with Crippen LogP contribution in [0.3, 0.4) is 0 Å². The molecule has 0 radical (unpaired) electrons. The quantitative estimate of drug-likeness (QED) is 0.802. The summed E-state index contributed by atoms with van der Waals surface area (Å²) in [7, 11) is 1.34. The average molecular weight is 249 g/mol. The first-order chi connectivity index (χ1) is 8.60. The molecule has 2 rings (SSSR count). The Balaban J connectivity index is 2.13. The molecule has 5 nitrogen and oxygen atoms in total. The summed E-state index contributed by atoms with van der Waals surface area (Å²) >= 11 is 0. The van der Waals surface area contributed by atoms with E-state index in [1.807, 2.05) is 0 Å². The summed E-state index contributed by atoms with van der Waals surface area (Å²) in [6.45, 7) is 2.24. The van der Waals surface area contributed by atoms with Crippen molar-refractivity contribution in [3.63, 3.8) is 0 Å². The Bertz CT molecular complexity index is 448. The Labute approximate surface area is 107 Å². The molecule has 18 heavy (non-hydrogen) atoms. The lowest BCUT2D eigenvalue weighted by atomic mass is 10.1. The van der Waals surface area contributed by atoms with E-state index in [9.17, 15) is 4.79 Å². The van der Waals surface area contributed by atoms with E-state index >= 15 is 0 Å². The number of pyridine rings is 1. The van der Waals surface area contributed by atoms with Crippen molar-refractivity contribution in [1.29, 1.82) is 0 Å². The molecular weight excluding hydrogens is 230 g/mol. The number of methoxy groups -OCH3 is 1. The summed E-state index contributed by atoms with van der Waals surface area (Å²) in [6, 6.07) is 3.64. The van der Waals surface area contributed by atoms with Gasteiger partial charge >= 0.3 is 5.97 Å². The number of hydrogen-bond acceptors (Lipinski definition) is 5. The largest absolute Gasteiger partial charge is 0.464 e. The molecule has 0 bridgehead atoms. The van der Waals surface area contributed by atoms with Crippen molar-refractivity contribution in [2.24, 2.45) is 5.92 Å². The predicted octanol–water partition coefficient (Wildman–Crippen LogP) is 2.05. The number of nitrogens with one attached hydrogen (secondary N) is 1. The van der Waals surface area contributed by atoms with E-state index in [0.29, 0.717) is 17.5 Å². The van der Waals surface area contributed by atoms with Crippen molar-refractivity contribution in [1.82, 2.24) is 4.98 Å². The molecule has 0 saturated heterocycles. The fourth-order valence-electron chi connectivity index (χ4n) is 2.34. The standard InChI is InChI=1S/C13H19N3O2/c1-8-3-4-9(7-8)15-12-10(14)5-6-11(16-12)13(17)18-2/h5-6,8-9H,3-4,7,14H2,1-2H3,(H,15,16). The molecule has 1 fully saturated rings. The zero-order valence-corrected chi connectivity index (χ0v) is 10.8. The number of hydrogen-bond donors (Lipinski definition) is 2. The van der Waals surface area contributed by atoms with Crippen molar-refractivity contribution < 1.29 is 9.53 Å². The fraction of sp³-hybridized carbons (Fsp3) is 0.538. The van der Waals surface area contributed by atoms with Crippen molar-refractivity contribution >= 4 is 17.5 Å². The number of rotatable bonds is 3. The maximum Gasteiger partial charge on any atom is 0.356 e. The molecule has 98 valence electrons. The highest BCUT2D eigenvalue weighted by molar-refractivity contribution is 5.88. The van der Waals surface area contributed by atoms with Gasteiger partial charge in [0.2, 0.25) is 0 Å². The van der Waals surface area contributed by atoms with Gasteiger partial charge in [0.1, 0.15) is 5.82 Å². The first kappa shape index (κ1) is 12.7. The summed E-state index contributed by atoms with van der Waals surface area (Å²) in [5.41, 5.74) is 6.70. The summed E-state index contributed by atoms with van der Waals surface area (Å²) in [5, 5.41) is 3.32. The summed E-state index contributed by atoms with van der Waals surface area (Å²) in [5.74, 6) is 0.863. The Hall–Kier alpha value is -1.78. The van der Waals surface area contributed by atoms with Crippen LogP contribution < -0.4 is 11.1 Å². The molecule has 5 heteroatoms. The molecule has 0 aromatic carbocycles. The van der Waals surface area contributed by atoms with Gasteiger partial charge in [-0.25, -0.2) is 9.78 Å². The molecule has 0 spiro atoms. The number of carbonyl (C=O) groups excluding carboxylic acids is 1. The zero-order valence-electron chi connectivity index (χ0n) is 10.8. The summed E-state index contributed by atoms with van der Waals surface area (Å²) in [4.78, 5) is 15.6. The van der Waals surface area contributed by atoms with E-state index in [2.05, 4.69) is 22.0 Å². The van der Waals surface area contributed by atoms with Crippen LogP contribution in [0.25, 0.3) is 0 Å². The van der Waals surface area contributed by atoms with Crippen LogP contribution in [0.5, 0.6) is 0 Å². The topological polar surface area (TPSA) is 77.2 Å². The fourth-order valence-corrected chi connectivity index (χ4v) is 2.34. The molecule has 0 aliphatic heterocycles. The Morgan fingerprint density at radius 1 is 1.50 bits per heavy atom. The predicted molar refractivity (Wildman–Crippen MR) is 70.4 cm³/mol. The van der Waals surface area contributed by atoms with Crippen molar-refractivity contribution in [2.75, 3.05) is 18.2 Å². The number of ether oxygens (including phenoxy) is 1. The average Bonchev–Trinajstić information content (AvgIpc) is 2.76. The lowest BCUT2D eigenvalue weighted by Gasteiger charge is -2.15. The van der Waals surface area contributed by atoms with Crippen molar-refractivity contribution in [3.8, 4) is 0 Å². The van der Waals surface area contributed by atoms with Gasteiger partial charge in [-0.2, -0.15) is 0 Å². The second-order valence-corrected chi connectivity index (χ2v) is 4.89. The summed E-state index contributed by atoms with van der Waals surface area (Å²) < 4.78 is 4.65. The monoisotopic (exact) mass is 249 g/mol. The molecule has 1 aliphatic carbocycles. The second-order valence-electron chi connectivity index (χ2n) is 4.89. The van der Waals surface area contributed by atoms with E-state index in [1.54, 1.807) is 12.1 Å². The van der Waals surface area contributed by atoms with Crippen LogP contribution in [0.1, 0.15) is 36.7 Å². The van der Waals surface area contributed by atoms with Gasteiger partial charge < -0.3 is 15.8 Å². The molecular formula is C13H19N3O2. The van der Waals surface area contributed by atoms with E-state index < -0.39 is 5.97 Å². The van der Waals surface area contributed by atoms with Gasteiger partial charge in [0, 0.05) is 6.04 Å². The smallest absolute Gasteiger partial charge is 0.356 e. The number of carbonyl (C=O) groups is 1. The number of esters is 1. The van der Waals surface area contributed by atoms with Gasteiger partial charge in [-0.05, 0) is 37.3 Å². The highest BCUT2D eigenvalue weighted by atomic mass is 16.5. The molecule has 2 unspecified atom stereocenters. The van der Waals surface area contributed by atoms with Gasteiger partial charge in [-0.1, -0.05) is 6.92 Å². The van der Waals surface area contributed by atoms with Crippen LogP contribution >= 0.6 is 0 Å². The molecule has 1 aliphatic rings. The third-order valence-corrected chi connectivity index (χ3v) is 3.36. The van der Waals surface area contributed by atoms with Crippen LogP contribution in [0, 0.1) is 5.92 Å². The van der Waals surface area contributed by atoms with Crippen LogP contribution in [0.2, 0.25) is 0 Å². The van der Waals surface area contributed by atoms with E-state index in [1.165, 1.54) is 13.5 Å². The molecule has 1 aromatic rings. The SMILES string of the molecule is COC(=O)c1ccc(N)c(NC2CCC(C)C2)n1. The number of aromatic nitrogens is 1. The minimum atomic E-state index is -0.446. The Morgan fingerprint density at radius 3 is 2.89 bits per heavy atom. The minimum Gasteiger partial charge on any atom is -0.464 e. The van der Waals surface area contributed by atoms with Gasteiger partial charge in [0.25, 0.3) is 0 Å². The van der Waals surface area contributed by atoms with Crippen molar-refractivity contribution in [2.45, 2.75) is 32.2 Å². The van der Waals surface area contributed by atoms with Crippen molar-refractivity contribution in [3.05, 3.63) is 17.8 Å². The van der Waals surface area contributed by atoms with Crippen LogP contribution in [0.15, 0.2) is 12.1 Å². The first-order valence-corrected chi connectivity index (χ1v) is 6.21. The molecule has 2 atom stereocenters. The van der Waals surface area contributed by atoms with Gasteiger partial charge in [-0.3, -0.25) is 0 Å². The lowest BCUT2D eigenvalue weighted by Crippen LogP contribution is -2.18. The number of nitrogens with zero attached hydrogens (tertiary/aromatic N) is 1. The maximum atomic E-state index is 11.4. The molecule has 1 saturated carbocycles. The molecule has 1 heterocycles.